The van der Waals surface area contributed by atoms with Crippen LogP contribution in [0.2, 0.25) is 0 Å². The Balaban J connectivity index is 1.83. The lowest BCUT2D eigenvalue weighted by Crippen LogP contribution is -2.34. The standard InChI is InChI=1S/C13H12F3NO3S/c14-13(15,16)12(19)20-17-7-6-10(8-17)21-11(18)9-4-2-1-3-5-9/h1-5,10H,6-8H2/t10-/m0/s1. The number of benzene rings is 1. The van der Waals surface area contributed by atoms with Crippen LogP contribution in [0.1, 0.15) is 16.8 Å². The van der Waals surface area contributed by atoms with Crippen molar-refractivity contribution >= 4 is 22.8 Å². The van der Waals surface area contributed by atoms with E-state index in [1.807, 2.05) is 0 Å². The summed E-state index contributed by atoms with van der Waals surface area (Å²) in [6, 6.07) is 8.60. The summed E-state index contributed by atoms with van der Waals surface area (Å²) >= 11 is 1.05. The van der Waals surface area contributed by atoms with E-state index < -0.39 is 12.1 Å². The molecule has 4 nitrogen and oxygen atoms in total. The molecule has 1 atom stereocenters. The van der Waals surface area contributed by atoms with Gasteiger partial charge in [0.25, 0.3) is 0 Å². The summed E-state index contributed by atoms with van der Waals surface area (Å²) < 4.78 is 36.2. The first-order valence-corrected chi connectivity index (χ1v) is 7.04. The number of hydrogen-bond donors (Lipinski definition) is 0. The van der Waals surface area contributed by atoms with Crippen LogP contribution in [0.15, 0.2) is 30.3 Å². The van der Waals surface area contributed by atoms with Crippen LogP contribution in [0.5, 0.6) is 0 Å². The van der Waals surface area contributed by atoms with Gasteiger partial charge < -0.3 is 4.84 Å². The molecule has 8 heteroatoms. The molecule has 1 aromatic rings. The summed E-state index contributed by atoms with van der Waals surface area (Å²) in [5, 5.41) is 0.606. The average molecular weight is 319 g/mol. The number of nitrogens with zero attached hydrogens (tertiary/aromatic N) is 1. The average Bonchev–Trinajstić information content (AvgIpc) is 2.86. The zero-order chi connectivity index (χ0) is 15.5. The van der Waals surface area contributed by atoms with E-state index in [4.69, 9.17) is 0 Å². The molecule has 0 radical (unpaired) electrons. The van der Waals surface area contributed by atoms with Gasteiger partial charge in [0.15, 0.2) is 0 Å². The second-order valence-electron chi connectivity index (χ2n) is 4.45. The number of hydroxylamine groups is 2. The van der Waals surface area contributed by atoms with Crippen molar-refractivity contribution in [3.05, 3.63) is 35.9 Å². The Bertz CT molecular complexity index is 521. The maximum Gasteiger partial charge on any atom is 0.492 e. The zero-order valence-electron chi connectivity index (χ0n) is 10.8. The number of carbonyl (C=O) groups is 2. The van der Waals surface area contributed by atoms with Crippen molar-refractivity contribution in [2.24, 2.45) is 0 Å². The lowest BCUT2D eigenvalue weighted by Gasteiger charge is -2.16. The van der Waals surface area contributed by atoms with E-state index in [0.717, 1.165) is 16.8 Å². The molecular formula is C13H12F3NO3S. The first-order valence-electron chi connectivity index (χ1n) is 6.16. The van der Waals surface area contributed by atoms with Gasteiger partial charge in [0, 0.05) is 23.9 Å². The number of rotatable bonds is 3. The molecule has 0 spiro atoms. The van der Waals surface area contributed by atoms with Crippen molar-refractivity contribution in [1.82, 2.24) is 5.06 Å². The van der Waals surface area contributed by atoms with Crippen molar-refractivity contribution < 1.29 is 27.6 Å². The Hall–Kier alpha value is -1.54. The minimum atomic E-state index is -5.01. The van der Waals surface area contributed by atoms with Crippen LogP contribution in [-0.2, 0) is 9.63 Å². The van der Waals surface area contributed by atoms with Gasteiger partial charge in [0.2, 0.25) is 5.12 Å². The van der Waals surface area contributed by atoms with Gasteiger partial charge in [-0.25, -0.2) is 4.79 Å². The van der Waals surface area contributed by atoms with E-state index in [1.165, 1.54) is 0 Å². The van der Waals surface area contributed by atoms with Gasteiger partial charge in [0.1, 0.15) is 0 Å². The molecule has 0 aromatic heterocycles. The second-order valence-corrected chi connectivity index (χ2v) is 5.72. The summed E-state index contributed by atoms with van der Waals surface area (Å²) in [7, 11) is 0. The Morgan fingerprint density at radius 2 is 1.90 bits per heavy atom. The summed E-state index contributed by atoms with van der Waals surface area (Å²) in [6.45, 7) is 0.284. The SMILES string of the molecule is O=C(S[C@H]1CCN(OC(=O)C(F)(F)F)C1)c1ccccc1. The van der Waals surface area contributed by atoms with E-state index in [1.54, 1.807) is 30.3 Å². The minimum absolute atomic E-state index is 0.102. The third-order valence-corrected chi connectivity index (χ3v) is 4.00. The summed E-state index contributed by atoms with van der Waals surface area (Å²) in [5.74, 6) is -2.23. The molecule has 1 heterocycles. The van der Waals surface area contributed by atoms with Crippen LogP contribution in [-0.4, -0.2) is 40.7 Å². The first-order chi connectivity index (χ1) is 9.86. The molecule has 1 aliphatic rings. The summed E-state index contributed by atoms with van der Waals surface area (Å²) in [6.07, 6.45) is -4.53. The normalized spacial score (nSPS) is 19.5. The van der Waals surface area contributed by atoms with E-state index >= 15 is 0 Å². The topological polar surface area (TPSA) is 46.6 Å². The van der Waals surface area contributed by atoms with E-state index in [9.17, 15) is 22.8 Å². The van der Waals surface area contributed by atoms with Crippen molar-refractivity contribution in [2.45, 2.75) is 17.8 Å². The number of thioether (sulfide) groups is 1. The van der Waals surface area contributed by atoms with Gasteiger partial charge >= 0.3 is 12.1 Å². The number of hydrogen-bond acceptors (Lipinski definition) is 5. The molecule has 0 bridgehead atoms. The molecule has 0 unspecified atom stereocenters. The second kappa shape index (κ2) is 6.48. The maximum atomic E-state index is 12.1. The van der Waals surface area contributed by atoms with Gasteiger partial charge in [-0.3, -0.25) is 4.79 Å². The van der Waals surface area contributed by atoms with Crippen LogP contribution in [0.4, 0.5) is 13.2 Å². The Labute approximate surface area is 123 Å². The molecule has 0 saturated carbocycles. The molecule has 1 aromatic carbocycles. The number of carbonyl (C=O) groups excluding carboxylic acids is 2. The smallest absolute Gasteiger partial charge is 0.361 e. The highest BCUT2D eigenvalue weighted by Gasteiger charge is 2.43. The maximum absolute atomic E-state index is 12.1. The van der Waals surface area contributed by atoms with E-state index in [-0.39, 0.29) is 23.5 Å². The quantitative estimate of drug-likeness (QED) is 0.857. The van der Waals surface area contributed by atoms with Crippen molar-refractivity contribution in [1.29, 1.82) is 0 Å². The predicted molar refractivity (Wildman–Crippen MR) is 70.5 cm³/mol. The minimum Gasteiger partial charge on any atom is -0.361 e. The summed E-state index contributed by atoms with van der Waals surface area (Å²) in [4.78, 5) is 26.9. The van der Waals surface area contributed by atoms with Gasteiger partial charge in [-0.15, -0.1) is 5.06 Å². The van der Waals surface area contributed by atoms with Gasteiger partial charge in [-0.1, -0.05) is 42.1 Å². The van der Waals surface area contributed by atoms with E-state index in [0.29, 0.717) is 12.0 Å². The fourth-order valence-corrected chi connectivity index (χ4v) is 2.88. The highest BCUT2D eigenvalue weighted by molar-refractivity contribution is 8.14. The monoisotopic (exact) mass is 319 g/mol. The van der Waals surface area contributed by atoms with Crippen LogP contribution in [0.3, 0.4) is 0 Å². The van der Waals surface area contributed by atoms with Crippen LogP contribution in [0.25, 0.3) is 0 Å². The van der Waals surface area contributed by atoms with Gasteiger partial charge in [-0.05, 0) is 6.42 Å². The first kappa shape index (κ1) is 15.8. The Morgan fingerprint density at radius 3 is 2.52 bits per heavy atom. The number of alkyl halides is 3. The Morgan fingerprint density at radius 1 is 1.24 bits per heavy atom. The molecule has 21 heavy (non-hydrogen) atoms. The molecule has 2 rings (SSSR count). The van der Waals surface area contributed by atoms with Crippen molar-refractivity contribution in [3.63, 3.8) is 0 Å². The van der Waals surface area contributed by atoms with Crippen LogP contribution >= 0.6 is 11.8 Å². The molecule has 0 amide bonds. The number of halogens is 3. The predicted octanol–water partition coefficient (Wildman–Crippen LogP) is 2.65. The highest BCUT2D eigenvalue weighted by atomic mass is 32.2. The third-order valence-electron chi connectivity index (χ3n) is 2.83. The highest BCUT2D eigenvalue weighted by Crippen LogP contribution is 2.27. The molecule has 1 fully saturated rings. The summed E-state index contributed by atoms with van der Waals surface area (Å²) in [5.41, 5.74) is 0.535. The molecule has 0 aliphatic carbocycles. The lowest BCUT2D eigenvalue weighted by molar-refractivity contribution is -0.234. The molecule has 1 saturated heterocycles. The lowest BCUT2D eigenvalue weighted by atomic mass is 10.2. The fraction of sp³-hybridized carbons (Fsp3) is 0.385. The largest absolute Gasteiger partial charge is 0.492 e. The van der Waals surface area contributed by atoms with Gasteiger partial charge in [0.05, 0.1) is 0 Å². The van der Waals surface area contributed by atoms with Crippen molar-refractivity contribution in [3.8, 4) is 0 Å². The van der Waals surface area contributed by atoms with Crippen molar-refractivity contribution in [2.75, 3.05) is 13.1 Å². The van der Waals surface area contributed by atoms with E-state index in [2.05, 4.69) is 4.84 Å². The third kappa shape index (κ3) is 4.47. The molecule has 114 valence electrons. The molecular weight excluding hydrogens is 307 g/mol. The molecule has 1 aliphatic heterocycles. The Kier molecular flexibility index (Phi) is 4.89. The van der Waals surface area contributed by atoms with Gasteiger partial charge in [-0.2, -0.15) is 13.2 Å². The van der Waals surface area contributed by atoms with Crippen LogP contribution in [0, 0.1) is 0 Å². The zero-order valence-corrected chi connectivity index (χ0v) is 11.6. The van der Waals surface area contributed by atoms with Crippen LogP contribution < -0.4 is 0 Å². The fourth-order valence-electron chi connectivity index (χ4n) is 1.84. The molecule has 0 N–H and O–H groups in total.